The molecule has 1 aliphatic heterocycles. The number of likely N-dealkylation sites (tertiary alicyclic amines) is 1. The molecule has 1 amide bonds. The van der Waals surface area contributed by atoms with E-state index in [1.54, 1.807) is 0 Å². The van der Waals surface area contributed by atoms with Crippen LogP contribution >= 0.6 is 0 Å². The highest BCUT2D eigenvalue weighted by molar-refractivity contribution is 5.76. The second kappa shape index (κ2) is 8.18. The molecule has 122 valence electrons. The molecular formula is C18H28N2O2. The molecular weight excluding hydrogens is 276 g/mol. The van der Waals surface area contributed by atoms with Gasteiger partial charge < -0.3 is 15.4 Å². The zero-order valence-electron chi connectivity index (χ0n) is 13.8. The Morgan fingerprint density at radius 3 is 2.73 bits per heavy atom. The summed E-state index contributed by atoms with van der Waals surface area (Å²) in [6.07, 6.45) is 4.18. The Balaban J connectivity index is 1.80. The van der Waals surface area contributed by atoms with Crippen molar-refractivity contribution < 1.29 is 9.53 Å². The Labute approximate surface area is 133 Å². The monoisotopic (exact) mass is 304 g/mol. The molecule has 0 radical (unpaired) electrons. The fourth-order valence-corrected chi connectivity index (χ4v) is 2.95. The van der Waals surface area contributed by atoms with Gasteiger partial charge in [-0.2, -0.15) is 0 Å². The first-order valence-electron chi connectivity index (χ1n) is 8.37. The number of carbonyl (C=O) groups is 1. The van der Waals surface area contributed by atoms with E-state index in [0.29, 0.717) is 6.42 Å². The molecule has 0 unspecified atom stereocenters. The zero-order valence-corrected chi connectivity index (χ0v) is 13.8. The highest BCUT2D eigenvalue weighted by Gasteiger charge is 2.26. The quantitative estimate of drug-likeness (QED) is 0.879. The van der Waals surface area contributed by atoms with Crippen LogP contribution in [0.3, 0.4) is 0 Å². The number of aryl methyl sites for hydroxylation is 1. The van der Waals surface area contributed by atoms with Gasteiger partial charge in [-0.05, 0) is 50.3 Å². The number of piperidine rings is 1. The van der Waals surface area contributed by atoms with E-state index in [4.69, 9.17) is 10.5 Å². The van der Waals surface area contributed by atoms with Crippen molar-refractivity contribution in [2.45, 2.75) is 58.0 Å². The maximum Gasteiger partial charge on any atom is 0.223 e. The number of ether oxygens (including phenoxy) is 1. The fourth-order valence-electron chi connectivity index (χ4n) is 2.95. The summed E-state index contributed by atoms with van der Waals surface area (Å²) in [5, 5.41) is 0. The maximum absolute atomic E-state index is 12.4. The van der Waals surface area contributed by atoms with Crippen molar-refractivity contribution in [1.82, 2.24) is 4.90 Å². The van der Waals surface area contributed by atoms with Crippen molar-refractivity contribution in [3.63, 3.8) is 0 Å². The lowest BCUT2D eigenvalue weighted by atomic mass is 9.98. The van der Waals surface area contributed by atoms with Gasteiger partial charge in [-0.1, -0.05) is 19.1 Å². The van der Waals surface area contributed by atoms with Gasteiger partial charge in [-0.15, -0.1) is 0 Å². The molecule has 1 aromatic rings. The summed E-state index contributed by atoms with van der Waals surface area (Å²) in [6, 6.07) is 8.58. The molecule has 0 bridgehead atoms. The summed E-state index contributed by atoms with van der Waals surface area (Å²) < 4.78 is 5.57. The Kier molecular flexibility index (Phi) is 6.25. The van der Waals surface area contributed by atoms with Gasteiger partial charge in [-0.25, -0.2) is 0 Å². The number of nitrogens with zero attached hydrogens (tertiary/aromatic N) is 1. The highest BCUT2D eigenvalue weighted by Crippen LogP contribution is 2.18. The van der Waals surface area contributed by atoms with Crippen molar-refractivity contribution in [3.8, 4) is 5.75 Å². The average Bonchev–Trinajstić information content (AvgIpc) is 2.51. The van der Waals surface area contributed by atoms with Crippen molar-refractivity contribution in [2.75, 3.05) is 13.2 Å². The van der Waals surface area contributed by atoms with Crippen LogP contribution < -0.4 is 10.5 Å². The van der Waals surface area contributed by atoms with Gasteiger partial charge >= 0.3 is 0 Å². The molecule has 2 N–H and O–H groups in total. The Bertz CT molecular complexity index is 472. The van der Waals surface area contributed by atoms with Crippen LogP contribution in [0.5, 0.6) is 5.75 Å². The first kappa shape index (κ1) is 16.8. The lowest BCUT2D eigenvalue weighted by Crippen LogP contribution is -2.48. The topological polar surface area (TPSA) is 55.6 Å². The molecule has 1 aromatic carbocycles. The maximum atomic E-state index is 12.4. The summed E-state index contributed by atoms with van der Waals surface area (Å²) in [7, 11) is 0. The highest BCUT2D eigenvalue weighted by atomic mass is 16.5. The van der Waals surface area contributed by atoms with Crippen molar-refractivity contribution in [3.05, 3.63) is 29.8 Å². The van der Waals surface area contributed by atoms with E-state index in [2.05, 4.69) is 13.8 Å². The molecule has 0 aromatic heterocycles. The summed E-state index contributed by atoms with van der Waals surface area (Å²) in [5.74, 6) is 1.14. The van der Waals surface area contributed by atoms with Crippen LogP contribution in [0.25, 0.3) is 0 Å². The van der Waals surface area contributed by atoms with Gasteiger partial charge in [0.25, 0.3) is 0 Å². The Hall–Kier alpha value is -1.55. The first-order chi connectivity index (χ1) is 10.6. The number of carbonyl (C=O) groups excluding carboxylic acids is 1. The predicted molar refractivity (Wildman–Crippen MR) is 88.9 cm³/mol. The normalized spacial score (nSPS) is 21.7. The standard InChI is InChI=1S/C18H28N2O2/c1-3-12-22-17-7-4-15(5-8-17)6-9-18(21)20-11-10-16(19)13-14(20)2/h4-5,7-8,14,16H,3,6,9-13,19H2,1-2H3/t14-,16-/m0/s1. The van der Waals surface area contributed by atoms with Crippen molar-refractivity contribution in [2.24, 2.45) is 5.73 Å². The molecule has 0 aliphatic carbocycles. The van der Waals surface area contributed by atoms with E-state index in [1.165, 1.54) is 5.56 Å². The molecule has 1 aliphatic rings. The predicted octanol–water partition coefficient (Wildman–Crippen LogP) is 2.75. The lowest BCUT2D eigenvalue weighted by Gasteiger charge is -2.36. The minimum absolute atomic E-state index is 0.241. The third-order valence-corrected chi connectivity index (χ3v) is 4.26. The van der Waals surface area contributed by atoms with E-state index < -0.39 is 0 Å². The van der Waals surface area contributed by atoms with Gasteiger partial charge in [0.05, 0.1) is 6.61 Å². The molecule has 22 heavy (non-hydrogen) atoms. The SMILES string of the molecule is CCCOc1ccc(CCC(=O)N2CC[C@H](N)C[C@@H]2C)cc1. The van der Waals surface area contributed by atoms with Crippen LogP contribution in [0.1, 0.15) is 45.1 Å². The Morgan fingerprint density at radius 2 is 2.09 bits per heavy atom. The van der Waals surface area contributed by atoms with Gasteiger partial charge in [0.15, 0.2) is 0 Å². The second-order valence-electron chi connectivity index (χ2n) is 6.21. The van der Waals surface area contributed by atoms with E-state index in [1.807, 2.05) is 29.2 Å². The summed E-state index contributed by atoms with van der Waals surface area (Å²) in [5.41, 5.74) is 7.13. The van der Waals surface area contributed by atoms with Gasteiger partial charge in [-0.3, -0.25) is 4.79 Å². The number of benzene rings is 1. The van der Waals surface area contributed by atoms with E-state index in [9.17, 15) is 4.79 Å². The van der Waals surface area contributed by atoms with Gasteiger partial charge in [0, 0.05) is 25.0 Å². The Morgan fingerprint density at radius 1 is 1.36 bits per heavy atom. The molecule has 1 heterocycles. The minimum atomic E-state index is 0.241. The molecule has 0 spiro atoms. The fraction of sp³-hybridized carbons (Fsp3) is 0.611. The average molecular weight is 304 g/mol. The molecule has 2 atom stereocenters. The van der Waals surface area contributed by atoms with Crippen LogP contribution in [-0.2, 0) is 11.2 Å². The molecule has 4 nitrogen and oxygen atoms in total. The third kappa shape index (κ3) is 4.73. The van der Waals surface area contributed by atoms with Gasteiger partial charge in [0.2, 0.25) is 5.91 Å². The van der Waals surface area contributed by atoms with Crippen LogP contribution in [0.2, 0.25) is 0 Å². The van der Waals surface area contributed by atoms with Crippen molar-refractivity contribution in [1.29, 1.82) is 0 Å². The lowest BCUT2D eigenvalue weighted by molar-refractivity contribution is -0.134. The van der Waals surface area contributed by atoms with Gasteiger partial charge in [0.1, 0.15) is 5.75 Å². The number of hydrogen-bond donors (Lipinski definition) is 1. The molecule has 4 heteroatoms. The smallest absolute Gasteiger partial charge is 0.223 e. The first-order valence-corrected chi connectivity index (χ1v) is 8.37. The molecule has 1 saturated heterocycles. The minimum Gasteiger partial charge on any atom is -0.494 e. The molecule has 1 fully saturated rings. The summed E-state index contributed by atoms with van der Waals surface area (Å²) >= 11 is 0. The third-order valence-electron chi connectivity index (χ3n) is 4.26. The zero-order chi connectivity index (χ0) is 15.9. The van der Waals surface area contributed by atoms with Crippen molar-refractivity contribution >= 4 is 5.91 Å². The molecule has 2 rings (SSSR count). The number of rotatable bonds is 6. The number of nitrogens with two attached hydrogens (primary N) is 1. The van der Waals surface area contributed by atoms with Crippen LogP contribution in [0.15, 0.2) is 24.3 Å². The van der Waals surface area contributed by atoms with Crippen LogP contribution in [0.4, 0.5) is 0 Å². The number of amides is 1. The summed E-state index contributed by atoms with van der Waals surface area (Å²) in [6.45, 7) is 5.73. The largest absolute Gasteiger partial charge is 0.494 e. The van der Waals surface area contributed by atoms with E-state index in [-0.39, 0.29) is 18.0 Å². The van der Waals surface area contributed by atoms with E-state index >= 15 is 0 Å². The van der Waals surface area contributed by atoms with Crippen LogP contribution in [0, 0.1) is 0 Å². The summed E-state index contributed by atoms with van der Waals surface area (Å²) in [4.78, 5) is 14.3. The second-order valence-corrected chi connectivity index (χ2v) is 6.21. The van der Waals surface area contributed by atoms with E-state index in [0.717, 1.165) is 44.6 Å². The number of hydrogen-bond acceptors (Lipinski definition) is 3. The molecule has 0 saturated carbocycles. The van der Waals surface area contributed by atoms with Crippen LogP contribution in [-0.4, -0.2) is 36.0 Å².